The van der Waals surface area contributed by atoms with Crippen molar-refractivity contribution in [3.05, 3.63) is 59.4 Å². The number of nitrogens with zero attached hydrogens (tertiary/aromatic N) is 1. The second kappa shape index (κ2) is 6.56. The van der Waals surface area contributed by atoms with Crippen molar-refractivity contribution in [1.82, 2.24) is 4.72 Å². The Morgan fingerprint density at radius 3 is 2.64 bits per heavy atom. The zero-order valence-corrected chi connectivity index (χ0v) is 12.6. The molecule has 5 nitrogen and oxygen atoms in total. The molecular formula is C15H14FN3O2S. The Kier molecular flexibility index (Phi) is 4.75. The third-order valence-corrected chi connectivity index (χ3v) is 4.47. The van der Waals surface area contributed by atoms with Crippen LogP contribution >= 0.6 is 0 Å². The van der Waals surface area contributed by atoms with Crippen molar-refractivity contribution in [2.75, 3.05) is 12.4 Å². The van der Waals surface area contributed by atoms with Gasteiger partial charge in [0.1, 0.15) is 5.82 Å². The lowest BCUT2D eigenvalue weighted by molar-refractivity contribution is 0.588. The van der Waals surface area contributed by atoms with E-state index >= 15 is 0 Å². The summed E-state index contributed by atoms with van der Waals surface area (Å²) in [7, 11) is -2.17. The van der Waals surface area contributed by atoms with Gasteiger partial charge in [-0.25, -0.2) is 17.5 Å². The highest BCUT2D eigenvalue weighted by Crippen LogP contribution is 2.17. The van der Waals surface area contributed by atoms with Crippen LogP contribution in [-0.2, 0) is 16.6 Å². The van der Waals surface area contributed by atoms with Crippen LogP contribution in [0.1, 0.15) is 11.1 Å². The van der Waals surface area contributed by atoms with Gasteiger partial charge in [0, 0.05) is 6.54 Å². The van der Waals surface area contributed by atoms with Gasteiger partial charge in [-0.3, -0.25) is 0 Å². The summed E-state index contributed by atoms with van der Waals surface area (Å²) in [6.07, 6.45) is 0. The molecule has 0 saturated heterocycles. The van der Waals surface area contributed by atoms with Gasteiger partial charge in [-0.1, -0.05) is 12.1 Å². The van der Waals surface area contributed by atoms with E-state index in [1.165, 1.54) is 31.3 Å². The maximum Gasteiger partial charge on any atom is 0.240 e. The van der Waals surface area contributed by atoms with E-state index in [4.69, 9.17) is 5.26 Å². The molecule has 0 aliphatic rings. The molecule has 0 aromatic heterocycles. The molecule has 2 aromatic carbocycles. The summed E-state index contributed by atoms with van der Waals surface area (Å²) in [5.74, 6) is -0.530. The molecule has 0 saturated carbocycles. The van der Waals surface area contributed by atoms with Crippen molar-refractivity contribution in [3.63, 3.8) is 0 Å². The van der Waals surface area contributed by atoms with Crippen LogP contribution in [0, 0.1) is 17.1 Å². The number of sulfonamides is 1. The van der Waals surface area contributed by atoms with E-state index in [-0.39, 0.29) is 22.7 Å². The third kappa shape index (κ3) is 3.61. The molecule has 0 fully saturated rings. The summed E-state index contributed by atoms with van der Waals surface area (Å²) in [6.45, 7) is 0.260. The zero-order valence-electron chi connectivity index (χ0n) is 11.8. The SMILES string of the molecule is CNS(=O)(=O)c1cccc(CNc2ccc(C#N)cc2F)c1. The second-order valence-electron chi connectivity index (χ2n) is 4.51. The first-order chi connectivity index (χ1) is 10.5. The van der Waals surface area contributed by atoms with E-state index in [2.05, 4.69) is 10.0 Å². The third-order valence-electron chi connectivity index (χ3n) is 3.06. The fraction of sp³-hybridized carbons (Fsp3) is 0.133. The van der Waals surface area contributed by atoms with E-state index in [1.54, 1.807) is 12.1 Å². The first kappa shape index (κ1) is 15.9. The van der Waals surface area contributed by atoms with Crippen molar-refractivity contribution < 1.29 is 12.8 Å². The summed E-state index contributed by atoms with van der Waals surface area (Å²) in [4.78, 5) is 0.148. The lowest BCUT2D eigenvalue weighted by Gasteiger charge is -2.09. The fourth-order valence-electron chi connectivity index (χ4n) is 1.87. The summed E-state index contributed by atoms with van der Waals surface area (Å²) in [5.41, 5.74) is 1.19. The Morgan fingerprint density at radius 1 is 1.23 bits per heavy atom. The molecular weight excluding hydrogens is 305 g/mol. The minimum Gasteiger partial charge on any atom is -0.379 e. The van der Waals surface area contributed by atoms with E-state index in [0.29, 0.717) is 5.56 Å². The molecule has 0 spiro atoms. The van der Waals surface area contributed by atoms with Crippen LogP contribution < -0.4 is 10.0 Å². The first-order valence-corrected chi connectivity index (χ1v) is 7.90. The predicted molar refractivity (Wildman–Crippen MR) is 81.1 cm³/mol. The van der Waals surface area contributed by atoms with E-state index in [0.717, 1.165) is 6.07 Å². The molecule has 0 radical (unpaired) electrons. The molecule has 22 heavy (non-hydrogen) atoms. The Bertz CT molecular complexity index is 829. The van der Waals surface area contributed by atoms with Gasteiger partial charge in [0.25, 0.3) is 0 Å². The highest BCUT2D eigenvalue weighted by Gasteiger charge is 2.11. The number of halogens is 1. The summed E-state index contributed by atoms with van der Waals surface area (Å²) < 4.78 is 39.4. The molecule has 7 heteroatoms. The number of nitrogens with one attached hydrogen (secondary N) is 2. The van der Waals surface area contributed by atoms with E-state index in [1.807, 2.05) is 6.07 Å². The number of rotatable bonds is 5. The lowest BCUT2D eigenvalue weighted by Crippen LogP contribution is -2.18. The van der Waals surface area contributed by atoms with Crippen LogP contribution in [-0.4, -0.2) is 15.5 Å². The van der Waals surface area contributed by atoms with Crippen LogP contribution in [0.4, 0.5) is 10.1 Å². The average Bonchev–Trinajstić information content (AvgIpc) is 2.54. The first-order valence-electron chi connectivity index (χ1n) is 6.42. The highest BCUT2D eigenvalue weighted by molar-refractivity contribution is 7.89. The smallest absolute Gasteiger partial charge is 0.240 e. The van der Waals surface area contributed by atoms with Crippen LogP contribution in [0.3, 0.4) is 0 Å². The van der Waals surface area contributed by atoms with Gasteiger partial charge in [-0.2, -0.15) is 5.26 Å². The van der Waals surface area contributed by atoms with Gasteiger partial charge >= 0.3 is 0 Å². The average molecular weight is 319 g/mol. The molecule has 0 unspecified atom stereocenters. The van der Waals surface area contributed by atoms with Crippen molar-refractivity contribution >= 4 is 15.7 Å². The number of anilines is 1. The Labute approximate surface area is 128 Å². The van der Waals surface area contributed by atoms with Crippen molar-refractivity contribution in [2.24, 2.45) is 0 Å². The van der Waals surface area contributed by atoms with Gasteiger partial charge in [0.2, 0.25) is 10.0 Å². The van der Waals surface area contributed by atoms with Gasteiger partial charge in [-0.05, 0) is 42.9 Å². The second-order valence-corrected chi connectivity index (χ2v) is 6.40. The lowest BCUT2D eigenvalue weighted by atomic mass is 10.2. The minimum atomic E-state index is -3.51. The molecule has 0 amide bonds. The zero-order chi connectivity index (χ0) is 16.2. The van der Waals surface area contributed by atoms with E-state index in [9.17, 15) is 12.8 Å². The highest BCUT2D eigenvalue weighted by atomic mass is 32.2. The monoisotopic (exact) mass is 319 g/mol. The molecule has 2 rings (SSSR count). The Hall–Kier alpha value is -2.43. The van der Waals surface area contributed by atoms with Crippen molar-refractivity contribution in [1.29, 1.82) is 5.26 Å². The fourth-order valence-corrected chi connectivity index (χ4v) is 2.67. The maximum absolute atomic E-state index is 13.7. The number of benzene rings is 2. The van der Waals surface area contributed by atoms with Gasteiger partial charge in [0.15, 0.2) is 0 Å². The van der Waals surface area contributed by atoms with Crippen LogP contribution in [0.25, 0.3) is 0 Å². The van der Waals surface area contributed by atoms with Crippen LogP contribution in [0.15, 0.2) is 47.4 Å². The normalized spacial score (nSPS) is 11.0. The van der Waals surface area contributed by atoms with Gasteiger partial charge in [0.05, 0.1) is 22.2 Å². The largest absolute Gasteiger partial charge is 0.379 e. The predicted octanol–water partition coefficient (Wildman–Crippen LogP) is 2.22. The molecule has 114 valence electrons. The molecule has 0 aliphatic carbocycles. The summed E-state index contributed by atoms with van der Waals surface area (Å²) >= 11 is 0. The van der Waals surface area contributed by atoms with Crippen molar-refractivity contribution in [3.8, 4) is 6.07 Å². The number of hydrogen-bond acceptors (Lipinski definition) is 4. The molecule has 0 bridgehead atoms. The maximum atomic E-state index is 13.7. The van der Waals surface area contributed by atoms with Crippen LogP contribution in [0.5, 0.6) is 0 Å². The molecule has 0 aliphatic heterocycles. The van der Waals surface area contributed by atoms with Gasteiger partial charge in [-0.15, -0.1) is 0 Å². The molecule has 2 aromatic rings. The van der Waals surface area contributed by atoms with E-state index < -0.39 is 15.8 Å². The number of nitriles is 1. The van der Waals surface area contributed by atoms with Gasteiger partial charge < -0.3 is 5.32 Å². The number of hydrogen-bond donors (Lipinski definition) is 2. The van der Waals surface area contributed by atoms with Crippen LogP contribution in [0.2, 0.25) is 0 Å². The summed E-state index contributed by atoms with van der Waals surface area (Å²) in [5, 5.41) is 11.6. The minimum absolute atomic E-state index is 0.148. The Balaban J connectivity index is 2.16. The topological polar surface area (TPSA) is 82.0 Å². The molecule has 0 atom stereocenters. The van der Waals surface area contributed by atoms with Crippen molar-refractivity contribution in [2.45, 2.75) is 11.4 Å². The quantitative estimate of drug-likeness (QED) is 0.885. The molecule has 2 N–H and O–H groups in total. The molecule has 0 heterocycles. The Morgan fingerprint density at radius 2 is 2.00 bits per heavy atom. The standard InChI is InChI=1S/C15H14FN3O2S/c1-18-22(20,21)13-4-2-3-12(7-13)10-19-15-6-5-11(9-17)8-14(15)16/h2-8,18-19H,10H2,1H3. The summed E-state index contributed by atoms with van der Waals surface area (Å²) in [6, 6.07) is 12.3.